The Morgan fingerprint density at radius 3 is 2.32 bits per heavy atom. The van der Waals surface area contributed by atoms with Crippen LogP contribution in [-0.4, -0.2) is 12.1 Å². The molecule has 0 bridgehead atoms. The number of rotatable bonds is 5. The van der Waals surface area contributed by atoms with Gasteiger partial charge in [0.1, 0.15) is 23.3 Å². The van der Waals surface area contributed by atoms with Gasteiger partial charge in [-0.3, -0.25) is 4.98 Å². The molecule has 4 rings (SSSR count). The summed E-state index contributed by atoms with van der Waals surface area (Å²) in [6.45, 7) is 0. The van der Waals surface area contributed by atoms with Crippen molar-refractivity contribution in [2.45, 2.75) is 0 Å². The minimum atomic E-state index is 0.463. The number of hydrogen-bond acceptors (Lipinski definition) is 5. The van der Waals surface area contributed by atoms with E-state index in [9.17, 15) is 5.26 Å². The molecule has 1 N–H and O–H groups in total. The van der Waals surface area contributed by atoms with Crippen molar-refractivity contribution in [2.75, 3.05) is 12.4 Å². The summed E-state index contributed by atoms with van der Waals surface area (Å²) < 4.78 is 11.1. The predicted octanol–water partition coefficient (Wildman–Crippen LogP) is 5.65. The van der Waals surface area contributed by atoms with Crippen molar-refractivity contribution in [1.82, 2.24) is 4.98 Å². The molecule has 1 aromatic heterocycles. The molecule has 0 radical (unpaired) electrons. The maximum Gasteiger partial charge on any atom is 0.127 e. The maximum atomic E-state index is 9.51. The summed E-state index contributed by atoms with van der Waals surface area (Å²) in [7, 11) is 1.61. The fraction of sp³-hybridized carbons (Fsp3) is 0.0435. The molecule has 5 heteroatoms. The molecule has 0 spiro atoms. The summed E-state index contributed by atoms with van der Waals surface area (Å²) in [6.07, 6.45) is 1.57. The molecule has 0 aliphatic rings. The Hall–Kier alpha value is -4.04. The fourth-order valence-electron chi connectivity index (χ4n) is 2.89. The molecule has 0 atom stereocenters. The lowest BCUT2D eigenvalue weighted by Gasteiger charge is -2.13. The van der Waals surface area contributed by atoms with E-state index in [1.807, 2.05) is 72.8 Å². The number of hydrogen-bond donors (Lipinski definition) is 1. The molecule has 0 fully saturated rings. The molecule has 0 aliphatic heterocycles. The van der Waals surface area contributed by atoms with Gasteiger partial charge in [-0.15, -0.1) is 0 Å². The van der Waals surface area contributed by atoms with Crippen LogP contribution in [0.15, 0.2) is 79.0 Å². The Morgan fingerprint density at radius 1 is 0.893 bits per heavy atom. The average Bonchev–Trinajstić information content (AvgIpc) is 2.75. The Kier molecular flexibility index (Phi) is 4.77. The first-order valence-corrected chi connectivity index (χ1v) is 8.73. The second-order valence-corrected chi connectivity index (χ2v) is 6.11. The first-order chi connectivity index (χ1) is 13.8. The first kappa shape index (κ1) is 17.4. The zero-order valence-corrected chi connectivity index (χ0v) is 15.2. The van der Waals surface area contributed by atoms with Crippen LogP contribution in [0.5, 0.6) is 17.2 Å². The number of pyridine rings is 1. The number of ether oxygens (including phenoxy) is 2. The molecule has 0 amide bonds. The smallest absolute Gasteiger partial charge is 0.127 e. The van der Waals surface area contributed by atoms with Gasteiger partial charge in [0.2, 0.25) is 0 Å². The minimum absolute atomic E-state index is 0.463. The number of aromatic nitrogens is 1. The highest BCUT2D eigenvalue weighted by Gasteiger charge is 2.10. The summed E-state index contributed by atoms with van der Waals surface area (Å²) in [5.74, 6) is 2.22. The van der Waals surface area contributed by atoms with Gasteiger partial charge in [-0.2, -0.15) is 5.26 Å². The molecule has 0 aliphatic carbocycles. The summed E-state index contributed by atoms with van der Waals surface area (Å²) in [5, 5.41) is 13.7. The van der Waals surface area contributed by atoms with E-state index in [1.54, 1.807) is 13.3 Å². The highest BCUT2D eigenvalue weighted by Crippen LogP contribution is 2.32. The monoisotopic (exact) mass is 367 g/mol. The van der Waals surface area contributed by atoms with Gasteiger partial charge in [0.05, 0.1) is 23.9 Å². The van der Waals surface area contributed by atoms with Crippen LogP contribution in [-0.2, 0) is 0 Å². The average molecular weight is 367 g/mol. The molecule has 3 aromatic carbocycles. The molecule has 0 unspecified atom stereocenters. The standard InChI is InChI=1S/C23H17N3O2/c1-27-20-11-12-22-21(13-20)23(16(14-24)15-25-22)26-17-7-9-19(10-8-17)28-18-5-3-2-4-6-18/h2-13,15H,1H3,(H,25,26). The number of anilines is 2. The van der Waals surface area contributed by atoms with Crippen molar-refractivity contribution in [1.29, 1.82) is 5.26 Å². The molecule has 136 valence electrons. The summed E-state index contributed by atoms with van der Waals surface area (Å²) in [6, 6.07) is 25.0. The summed E-state index contributed by atoms with van der Waals surface area (Å²) in [5.41, 5.74) is 2.78. The van der Waals surface area contributed by atoms with E-state index in [0.717, 1.165) is 28.1 Å². The Morgan fingerprint density at radius 2 is 1.61 bits per heavy atom. The normalized spacial score (nSPS) is 10.3. The molecule has 28 heavy (non-hydrogen) atoms. The van der Waals surface area contributed by atoms with E-state index in [2.05, 4.69) is 16.4 Å². The van der Waals surface area contributed by atoms with Crippen LogP contribution in [0.25, 0.3) is 10.9 Å². The van der Waals surface area contributed by atoms with Gasteiger partial charge in [0.25, 0.3) is 0 Å². The molecule has 0 saturated heterocycles. The molecular formula is C23H17N3O2. The van der Waals surface area contributed by atoms with Gasteiger partial charge in [0.15, 0.2) is 0 Å². The summed E-state index contributed by atoms with van der Waals surface area (Å²) >= 11 is 0. The van der Waals surface area contributed by atoms with Gasteiger partial charge in [-0.1, -0.05) is 18.2 Å². The highest BCUT2D eigenvalue weighted by atomic mass is 16.5. The van der Waals surface area contributed by atoms with Crippen LogP contribution < -0.4 is 14.8 Å². The van der Waals surface area contributed by atoms with Crippen LogP contribution in [0.1, 0.15) is 5.56 Å². The lowest BCUT2D eigenvalue weighted by molar-refractivity contribution is 0.415. The SMILES string of the molecule is COc1ccc2ncc(C#N)c(Nc3ccc(Oc4ccccc4)cc3)c2c1. The molecular weight excluding hydrogens is 350 g/mol. The van der Waals surface area contributed by atoms with E-state index < -0.39 is 0 Å². The van der Waals surface area contributed by atoms with E-state index >= 15 is 0 Å². The maximum absolute atomic E-state index is 9.51. The van der Waals surface area contributed by atoms with Crippen molar-refractivity contribution in [3.8, 4) is 23.3 Å². The van der Waals surface area contributed by atoms with E-state index in [4.69, 9.17) is 9.47 Å². The minimum Gasteiger partial charge on any atom is -0.497 e. The third-order valence-corrected chi connectivity index (χ3v) is 4.30. The van der Waals surface area contributed by atoms with Gasteiger partial charge in [-0.25, -0.2) is 0 Å². The lowest BCUT2D eigenvalue weighted by Crippen LogP contribution is -1.97. The van der Waals surface area contributed by atoms with Gasteiger partial charge in [0, 0.05) is 17.3 Å². The van der Waals surface area contributed by atoms with Gasteiger partial charge >= 0.3 is 0 Å². The van der Waals surface area contributed by atoms with Crippen LogP contribution in [0.4, 0.5) is 11.4 Å². The number of nitrogens with one attached hydrogen (secondary N) is 1. The van der Waals surface area contributed by atoms with Crippen molar-refractivity contribution in [3.63, 3.8) is 0 Å². The third-order valence-electron chi connectivity index (χ3n) is 4.30. The number of para-hydroxylation sites is 1. The second kappa shape index (κ2) is 7.68. The van der Waals surface area contributed by atoms with Crippen molar-refractivity contribution in [3.05, 3.63) is 84.6 Å². The molecule has 4 aromatic rings. The second-order valence-electron chi connectivity index (χ2n) is 6.11. The van der Waals surface area contributed by atoms with Crippen molar-refractivity contribution < 1.29 is 9.47 Å². The van der Waals surface area contributed by atoms with E-state index in [1.165, 1.54) is 0 Å². The predicted molar refractivity (Wildman–Crippen MR) is 109 cm³/mol. The molecule has 0 saturated carbocycles. The topological polar surface area (TPSA) is 67.2 Å². The number of nitriles is 1. The van der Waals surface area contributed by atoms with Crippen LogP contribution in [0, 0.1) is 11.3 Å². The number of benzene rings is 3. The van der Waals surface area contributed by atoms with Gasteiger partial charge in [-0.05, 0) is 54.6 Å². The highest BCUT2D eigenvalue weighted by molar-refractivity contribution is 5.96. The zero-order valence-electron chi connectivity index (χ0n) is 15.2. The summed E-state index contributed by atoms with van der Waals surface area (Å²) in [4.78, 5) is 4.35. The van der Waals surface area contributed by atoms with Gasteiger partial charge < -0.3 is 14.8 Å². The van der Waals surface area contributed by atoms with Crippen LogP contribution in [0.2, 0.25) is 0 Å². The van der Waals surface area contributed by atoms with E-state index in [0.29, 0.717) is 17.0 Å². The quantitative estimate of drug-likeness (QED) is 0.494. The van der Waals surface area contributed by atoms with Crippen LogP contribution in [0.3, 0.4) is 0 Å². The Labute approximate surface area is 162 Å². The Balaban J connectivity index is 1.65. The largest absolute Gasteiger partial charge is 0.497 e. The fourth-order valence-corrected chi connectivity index (χ4v) is 2.89. The number of methoxy groups -OCH3 is 1. The van der Waals surface area contributed by atoms with Crippen LogP contribution >= 0.6 is 0 Å². The lowest BCUT2D eigenvalue weighted by atomic mass is 10.1. The molecule has 5 nitrogen and oxygen atoms in total. The Bertz CT molecular complexity index is 1150. The van der Waals surface area contributed by atoms with Crippen molar-refractivity contribution in [2.24, 2.45) is 0 Å². The third kappa shape index (κ3) is 3.57. The number of nitrogens with zero attached hydrogens (tertiary/aromatic N) is 2. The molecule has 1 heterocycles. The van der Waals surface area contributed by atoms with E-state index in [-0.39, 0.29) is 0 Å². The van der Waals surface area contributed by atoms with Crippen molar-refractivity contribution >= 4 is 22.3 Å². The number of fused-ring (bicyclic) bond motifs is 1. The zero-order chi connectivity index (χ0) is 19.3. The first-order valence-electron chi connectivity index (χ1n) is 8.73.